The van der Waals surface area contributed by atoms with Crippen LogP contribution in [0.2, 0.25) is 0 Å². The van der Waals surface area contributed by atoms with E-state index in [1.165, 1.54) is 20.5 Å². The van der Waals surface area contributed by atoms with Gasteiger partial charge < -0.3 is 9.47 Å². The van der Waals surface area contributed by atoms with Crippen LogP contribution < -0.4 is 0 Å². The predicted molar refractivity (Wildman–Crippen MR) is 262 cm³/mol. The standard InChI is InChI=1S/C52H24N8O6S3/c53-21-29(22-54)39-31-15-7-9-17-33(31)45(61)41(39)57-37-19-35-47(67-37)49-43(59(35)51(63)65-25-27-11-3-1-4-12-27)44-50(69-49)48-36(60(44)52(64)66-26-28-13-5-2-6-14-28)20-38(68-48)58-42-40(30(23-55)24-56)32-16-8-10-18-34(32)46(42)62/h1-20H,25-26H2. The predicted octanol–water partition coefficient (Wildman–Crippen LogP) is 12.0. The number of aromatic nitrogens is 2. The number of ketones is 2. The first-order valence-electron chi connectivity index (χ1n) is 20.7. The van der Waals surface area contributed by atoms with E-state index >= 15 is 0 Å². The van der Waals surface area contributed by atoms with Crippen molar-refractivity contribution < 1.29 is 28.7 Å². The van der Waals surface area contributed by atoms with Crippen LogP contribution in [0.3, 0.4) is 0 Å². The molecule has 5 aromatic heterocycles. The number of hydrogen-bond donors (Lipinski definition) is 0. The van der Waals surface area contributed by atoms with Crippen LogP contribution in [0, 0.1) is 45.3 Å². The van der Waals surface area contributed by atoms with Gasteiger partial charge in [0, 0.05) is 22.3 Å². The summed E-state index contributed by atoms with van der Waals surface area (Å²) in [6.07, 6.45) is -1.55. The van der Waals surface area contributed by atoms with E-state index < -0.39 is 23.8 Å². The van der Waals surface area contributed by atoms with Gasteiger partial charge in [-0.15, -0.1) is 34.0 Å². The summed E-state index contributed by atoms with van der Waals surface area (Å²) in [5.74, 6) is -0.938. The summed E-state index contributed by atoms with van der Waals surface area (Å²) in [6, 6.07) is 42.4. The summed E-state index contributed by atoms with van der Waals surface area (Å²) < 4.78 is 16.9. The van der Waals surface area contributed by atoms with Gasteiger partial charge >= 0.3 is 12.2 Å². The van der Waals surface area contributed by atoms with E-state index in [0.717, 1.165) is 33.8 Å². The van der Waals surface area contributed by atoms with E-state index in [0.29, 0.717) is 63.1 Å². The summed E-state index contributed by atoms with van der Waals surface area (Å²) in [4.78, 5) is 66.5. The number of Topliss-reactive ketones (excluding diaryl/α,β-unsaturated/α-hetero) is 2. The molecule has 0 spiro atoms. The fourth-order valence-corrected chi connectivity index (χ4v) is 12.2. The molecule has 0 N–H and O–H groups in total. The zero-order valence-electron chi connectivity index (χ0n) is 35.2. The Balaban J connectivity index is 1.14. The smallest absolute Gasteiger partial charge is 0.419 e. The minimum atomic E-state index is -0.776. The first kappa shape index (κ1) is 42.3. The largest absolute Gasteiger partial charge is 0.444 e. The second kappa shape index (κ2) is 16.8. The van der Waals surface area contributed by atoms with Gasteiger partial charge in [-0.05, 0) is 34.4 Å². The summed E-state index contributed by atoms with van der Waals surface area (Å²) in [5, 5.41) is 40.3. The average Bonchev–Trinajstić information content (AvgIpc) is 4.25. The van der Waals surface area contributed by atoms with Crippen LogP contribution in [0.5, 0.6) is 0 Å². The normalized spacial score (nSPS) is 14.0. The molecule has 2 aliphatic rings. The third kappa shape index (κ3) is 6.77. The lowest BCUT2D eigenvalue weighted by Crippen LogP contribution is -2.16. The summed E-state index contributed by atoms with van der Waals surface area (Å²) in [7, 11) is 0. The van der Waals surface area contributed by atoms with E-state index in [1.54, 1.807) is 60.7 Å². The number of allylic oxidation sites excluding steroid dienone is 4. The molecule has 0 fully saturated rings. The summed E-state index contributed by atoms with van der Waals surface area (Å²) >= 11 is 3.61. The Hall–Kier alpha value is -9.36. The number of benzene rings is 4. The van der Waals surface area contributed by atoms with Gasteiger partial charge in [0.15, 0.2) is 0 Å². The highest BCUT2D eigenvalue weighted by atomic mass is 32.1. The molecule has 0 atom stereocenters. The first-order valence-corrected chi connectivity index (χ1v) is 23.2. The molecule has 0 unspecified atom stereocenters. The van der Waals surface area contributed by atoms with E-state index in [-0.39, 0.29) is 56.9 Å². The Labute approximate surface area is 401 Å². The molecule has 0 saturated carbocycles. The van der Waals surface area contributed by atoms with Crippen LogP contribution in [0.15, 0.2) is 142 Å². The molecule has 326 valence electrons. The molecular formula is C52H24N8O6S3. The molecular weight excluding hydrogens is 929 g/mol. The molecule has 2 aliphatic carbocycles. The average molecular weight is 953 g/mol. The number of rotatable bonds is 6. The van der Waals surface area contributed by atoms with Crippen molar-refractivity contribution in [3.63, 3.8) is 0 Å². The molecule has 0 amide bonds. The fourth-order valence-electron chi connectivity index (χ4n) is 8.58. The zero-order valence-corrected chi connectivity index (χ0v) is 37.7. The molecule has 17 heteroatoms. The molecule has 0 radical (unpaired) electrons. The SMILES string of the molecule is N#CC(C#N)=C1C(=Nc2cc3c(s2)c2sc4c5sc(N=C6C(=O)c7ccccc7C6=C(C#N)C#N)cc5n(C(=O)OCc5ccccc5)c4c2n3C(=O)OCc2ccccc2)C(=O)c2ccccc21. The molecule has 69 heavy (non-hydrogen) atoms. The van der Waals surface area contributed by atoms with Gasteiger partial charge in [0.2, 0.25) is 11.6 Å². The molecule has 4 aromatic carbocycles. The second-order valence-electron chi connectivity index (χ2n) is 15.4. The van der Waals surface area contributed by atoms with Crippen LogP contribution in [-0.2, 0) is 22.7 Å². The number of hydrogen-bond acceptors (Lipinski definition) is 15. The van der Waals surface area contributed by atoms with Crippen molar-refractivity contribution >= 4 is 131 Å². The van der Waals surface area contributed by atoms with E-state index in [9.17, 15) is 40.2 Å². The molecule has 11 rings (SSSR count). The molecule has 0 aliphatic heterocycles. The molecule has 0 bridgehead atoms. The van der Waals surface area contributed by atoms with Gasteiger partial charge in [0.05, 0.1) is 40.9 Å². The second-order valence-corrected chi connectivity index (χ2v) is 18.5. The van der Waals surface area contributed by atoms with Crippen molar-refractivity contribution in [3.05, 3.63) is 166 Å². The van der Waals surface area contributed by atoms with E-state index in [1.807, 2.05) is 84.9 Å². The Morgan fingerprint density at radius 2 is 0.855 bits per heavy atom. The van der Waals surface area contributed by atoms with Crippen molar-refractivity contribution in [2.75, 3.05) is 0 Å². The van der Waals surface area contributed by atoms with Crippen LogP contribution >= 0.6 is 34.0 Å². The molecule has 14 nitrogen and oxygen atoms in total. The molecule has 5 heterocycles. The lowest BCUT2D eigenvalue weighted by molar-refractivity contribution is 0.106. The van der Waals surface area contributed by atoms with Crippen LogP contribution in [-0.4, -0.2) is 44.3 Å². The number of aliphatic imine (C=N–C) groups is 2. The summed E-state index contributed by atoms with van der Waals surface area (Å²) in [5.41, 5.74) is 3.73. The first-order chi connectivity index (χ1) is 33.7. The maximum absolute atomic E-state index is 14.6. The lowest BCUT2D eigenvalue weighted by Gasteiger charge is -2.10. The van der Waals surface area contributed by atoms with Gasteiger partial charge in [-0.2, -0.15) is 21.0 Å². The van der Waals surface area contributed by atoms with Crippen molar-refractivity contribution in [2.45, 2.75) is 13.2 Å². The number of thiophene rings is 3. The van der Waals surface area contributed by atoms with Crippen LogP contribution in [0.4, 0.5) is 19.6 Å². The third-order valence-corrected chi connectivity index (χ3v) is 15.1. The maximum atomic E-state index is 14.6. The molecule has 0 saturated heterocycles. The Bertz CT molecular complexity index is 3800. The van der Waals surface area contributed by atoms with E-state index in [4.69, 9.17) is 19.5 Å². The van der Waals surface area contributed by atoms with Crippen LogP contribution in [0.1, 0.15) is 43.0 Å². The number of carbonyl (C=O) groups is 4. The Morgan fingerprint density at radius 1 is 0.493 bits per heavy atom. The zero-order chi connectivity index (χ0) is 47.5. The minimum absolute atomic E-state index is 0.0866. The highest BCUT2D eigenvalue weighted by Gasteiger charge is 2.37. The number of nitrogens with zero attached hydrogens (tertiary/aromatic N) is 8. The van der Waals surface area contributed by atoms with E-state index in [2.05, 4.69) is 0 Å². The van der Waals surface area contributed by atoms with Gasteiger partial charge in [-0.25, -0.2) is 28.7 Å². The number of fused-ring (bicyclic) bond motifs is 9. The van der Waals surface area contributed by atoms with Gasteiger partial charge in [0.1, 0.15) is 70.1 Å². The van der Waals surface area contributed by atoms with Crippen molar-refractivity contribution in [2.24, 2.45) is 9.98 Å². The third-order valence-electron chi connectivity index (χ3n) is 11.6. The quantitative estimate of drug-likeness (QED) is 0.144. The lowest BCUT2D eigenvalue weighted by atomic mass is 10.0. The Kier molecular flexibility index (Phi) is 10.3. The van der Waals surface area contributed by atoms with Gasteiger partial charge in [-0.3, -0.25) is 9.59 Å². The highest BCUT2D eigenvalue weighted by molar-refractivity contribution is 7.35. The maximum Gasteiger partial charge on any atom is 0.419 e. The number of ether oxygens (including phenoxy) is 2. The fraction of sp³-hybridized carbons (Fsp3) is 0.0385. The monoisotopic (exact) mass is 952 g/mol. The number of carbonyl (C=O) groups excluding carboxylic acids is 4. The minimum Gasteiger partial charge on any atom is -0.444 e. The van der Waals surface area contributed by atoms with Crippen molar-refractivity contribution in [3.8, 4) is 24.3 Å². The summed E-state index contributed by atoms with van der Waals surface area (Å²) in [6.45, 7) is -0.173. The van der Waals surface area contributed by atoms with Crippen molar-refractivity contribution in [1.29, 1.82) is 21.0 Å². The molecule has 9 aromatic rings. The number of nitriles is 4. The Morgan fingerprint density at radius 3 is 1.23 bits per heavy atom. The van der Waals surface area contributed by atoms with Crippen LogP contribution in [0.25, 0.3) is 52.0 Å². The highest BCUT2D eigenvalue weighted by Crippen LogP contribution is 2.52. The topological polar surface area (TPSA) is 216 Å². The van der Waals surface area contributed by atoms with Crippen molar-refractivity contribution in [1.82, 2.24) is 9.13 Å². The van der Waals surface area contributed by atoms with Gasteiger partial charge in [-0.1, -0.05) is 109 Å². The van der Waals surface area contributed by atoms with Gasteiger partial charge in [0.25, 0.3) is 0 Å².